The number of carbonyl (C=O) groups excluding carboxylic acids is 1. The van der Waals surface area contributed by atoms with Gasteiger partial charge in [0.15, 0.2) is 0 Å². The van der Waals surface area contributed by atoms with Gasteiger partial charge in [-0.3, -0.25) is 9.69 Å². The van der Waals surface area contributed by atoms with E-state index in [1.807, 2.05) is 0 Å². The van der Waals surface area contributed by atoms with Crippen molar-refractivity contribution in [2.24, 2.45) is 0 Å². The Labute approximate surface area is 127 Å². The molecule has 0 aliphatic carbocycles. The molecule has 1 amide bonds. The number of nitrogens with zero attached hydrogens (tertiary/aromatic N) is 1. The number of likely N-dealkylation sites (N-methyl/N-ethyl adjacent to an activating group) is 1. The van der Waals surface area contributed by atoms with E-state index in [4.69, 9.17) is 4.74 Å². The monoisotopic (exact) mass is 316 g/mol. The van der Waals surface area contributed by atoms with E-state index < -0.39 is 17.6 Å². The zero-order valence-corrected chi connectivity index (χ0v) is 12.3. The first kappa shape index (κ1) is 16.8. The Morgan fingerprint density at radius 3 is 2.77 bits per heavy atom. The summed E-state index contributed by atoms with van der Waals surface area (Å²) in [6, 6.07) is 4.95. The first-order valence-electron chi connectivity index (χ1n) is 7.12. The minimum atomic E-state index is -4.49. The number of carbonyl (C=O) groups is 1. The molecular weight excluding hydrogens is 297 g/mol. The van der Waals surface area contributed by atoms with Crippen LogP contribution >= 0.6 is 0 Å². The lowest BCUT2D eigenvalue weighted by atomic mass is 10.1. The predicted octanol–water partition coefficient (Wildman–Crippen LogP) is 2.75. The van der Waals surface area contributed by atoms with E-state index in [1.165, 1.54) is 18.2 Å². The number of halogens is 3. The smallest absolute Gasteiger partial charge is 0.377 e. The Morgan fingerprint density at radius 1 is 1.41 bits per heavy atom. The Kier molecular flexibility index (Phi) is 5.42. The summed E-state index contributed by atoms with van der Waals surface area (Å²) >= 11 is 0. The molecule has 1 atom stereocenters. The minimum Gasteiger partial charge on any atom is -0.377 e. The zero-order valence-electron chi connectivity index (χ0n) is 12.3. The van der Waals surface area contributed by atoms with E-state index in [1.54, 1.807) is 11.9 Å². The Balaban J connectivity index is 1.91. The predicted molar refractivity (Wildman–Crippen MR) is 76.5 cm³/mol. The van der Waals surface area contributed by atoms with Gasteiger partial charge in [0.05, 0.1) is 23.9 Å². The molecule has 1 aromatic rings. The van der Waals surface area contributed by atoms with E-state index >= 15 is 0 Å². The summed E-state index contributed by atoms with van der Waals surface area (Å²) in [4.78, 5) is 13.7. The van der Waals surface area contributed by atoms with Gasteiger partial charge in [-0.25, -0.2) is 0 Å². The number of alkyl halides is 3. The fourth-order valence-electron chi connectivity index (χ4n) is 2.47. The van der Waals surface area contributed by atoms with Crippen molar-refractivity contribution in [2.75, 3.05) is 32.1 Å². The summed E-state index contributed by atoms with van der Waals surface area (Å²) in [6.45, 7) is 1.34. The molecule has 1 N–H and O–H groups in total. The highest BCUT2D eigenvalue weighted by atomic mass is 19.4. The van der Waals surface area contributed by atoms with Crippen LogP contribution in [-0.2, 0) is 15.7 Å². The normalized spacial score (nSPS) is 18.7. The Morgan fingerprint density at radius 2 is 2.14 bits per heavy atom. The molecule has 2 rings (SSSR count). The molecule has 7 heteroatoms. The molecule has 1 aromatic carbocycles. The quantitative estimate of drug-likeness (QED) is 0.908. The number of ether oxygens (including phenoxy) is 1. The van der Waals surface area contributed by atoms with Crippen LogP contribution in [0.1, 0.15) is 18.4 Å². The molecule has 4 nitrogen and oxygen atoms in total. The van der Waals surface area contributed by atoms with Crippen LogP contribution in [0.3, 0.4) is 0 Å². The van der Waals surface area contributed by atoms with Gasteiger partial charge in [0.1, 0.15) is 0 Å². The van der Waals surface area contributed by atoms with Gasteiger partial charge < -0.3 is 10.1 Å². The summed E-state index contributed by atoms with van der Waals surface area (Å²) in [5, 5.41) is 2.33. The SMILES string of the molecule is CN(CC(=O)Nc1ccccc1C(F)(F)F)CC1CCCO1. The molecule has 1 saturated heterocycles. The van der Waals surface area contributed by atoms with Gasteiger partial charge in [-0.1, -0.05) is 12.1 Å². The van der Waals surface area contributed by atoms with Gasteiger partial charge in [0, 0.05) is 13.2 Å². The fourth-order valence-corrected chi connectivity index (χ4v) is 2.47. The lowest BCUT2D eigenvalue weighted by Crippen LogP contribution is -2.35. The number of anilines is 1. The number of para-hydroxylation sites is 1. The summed E-state index contributed by atoms with van der Waals surface area (Å²) in [5.74, 6) is -0.475. The van der Waals surface area contributed by atoms with E-state index in [2.05, 4.69) is 5.32 Å². The molecule has 1 aliphatic rings. The first-order valence-corrected chi connectivity index (χ1v) is 7.12. The lowest BCUT2D eigenvalue weighted by molar-refractivity contribution is -0.137. The van der Waals surface area contributed by atoms with Gasteiger partial charge in [0.2, 0.25) is 5.91 Å². The van der Waals surface area contributed by atoms with Crippen LogP contribution in [0.2, 0.25) is 0 Å². The third-order valence-corrected chi connectivity index (χ3v) is 3.46. The molecular formula is C15H19F3N2O2. The summed E-state index contributed by atoms with van der Waals surface area (Å²) < 4.78 is 44.0. The van der Waals surface area contributed by atoms with Crippen molar-refractivity contribution in [1.82, 2.24) is 4.90 Å². The van der Waals surface area contributed by atoms with Crippen molar-refractivity contribution >= 4 is 11.6 Å². The van der Waals surface area contributed by atoms with E-state index in [0.717, 1.165) is 25.5 Å². The van der Waals surface area contributed by atoms with Crippen LogP contribution in [0.15, 0.2) is 24.3 Å². The second kappa shape index (κ2) is 7.11. The van der Waals surface area contributed by atoms with Gasteiger partial charge in [-0.2, -0.15) is 13.2 Å². The summed E-state index contributed by atoms with van der Waals surface area (Å²) in [6.07, 6.45) is -2.44. The highest BCUT2D eigenvalue weighted by Gasteiger charge is 2.33. The number of hydrogen-bond donors (Lipinski definition) is 1. The van der Waals surface area contributed by atoms with Crippen LogP contribution < -0.4 is 5.32 Å². The minimum absolute atomic E-state index is 0.0199. The molecule has 122 valence electrons. The third kappa shape index (κ3) is 4.71. The maximum absolute atomic E-state index is 12.9. The number of benzene rings is 1. The molecule has 0 aromatic heterocycles. The van der Waals surface area contributed by atoms with Crippen molar-refractivity contribution in [3.05, 3.63) is 29.8 Å². The van der Waals surface area contributed by atoms with Crippen molar-refractivity contribution in [1.29, 1.82) is 0 Å². The zero-order chi connectivity index (χ0) is 16.2. The molecule has 1 heterocycles. The second-order valence-corrected chi connectivity index (χ2v) is 5.42. The average molecular weight is 316 g/mol. The van der Waals surface area contributed by atoms with Crippen molar-refractivity contribution in [2.45, 2.75) is 25.1 Å². The van der Waals surface area contributed by atoms with E-state index in [-0.39, 0.29) is 18.3 Å². The largest absolute Gasteiger partial charge is 0.418 e. The Hall–Kier alpha value is -1.60. The maximum Gasteiger partial charge on any atom is 0.418 e. The highest BCUT2D eigenvalue weighted by molar-refractivity contribution is 5.93. The third-order valence-electron chi connectivity index (χ3n) is 3.46. The Bertz CT molecular complexity index is 514. The highest BCUT2D eigenvalue weighted by Crippen LogP contribution is 2.34. The topological polar surface area (TPSA) is 41.6 Å². The van der Waals surface area contributed by atoms with Crippen LogP contribution in [0.25, 0.3) is 0 Å². The lowest BCUT2D eigenvalue weighted by Gasteiger charge is -2.20. The maximum atomic E-state index is 12.9. The van der Waals surface area contributed by atoms with Crippen LogP contribution in [0, 0.1) is 0 Å². The number of amides is 1. The van der Waals surface area contributed by atoms with Crippen LogP contribution in [-0.4, -0.2) is 43.7 Å². The summed E-state index contributed by atoms with van der Waals surface area (Å²) in [5.41, 5.74) is -1.06. The molecule has 0 spiro atoms. The number of hydrogen-bond acceptors (Lipinski definition) is 3. The van der Waals surface area contributed by atoms with Gasteiger partial charge in [0.25, 0.3) is 0 Å². The standard InChI is InChI=1S/C15H19F3N2O2/c1-20(9-11-5-4-8-22-11)10-14(21)19-13-7-3-2-6-12(13)15(16,17)18/h2-3,6-7,11H,4-5,8-10H2,1H3,(H,19,21). The van der Waals surface area contributed by atoms with Crippen molar-refractivity contribution in [3.8, 4) is 0 Å². The van der Waals surface area contributed by atoms with Crippen LogP contribution in [0.5, 0.6) is 0 Å². The molecule has 0 radical (unpaired) electrons. The van der Waals surface area contributed by atoms with Gasteiger partial charge >= 0.3 is 6.18 Å². The molecule has 1 aliphatic heterocycles. The molecule has 1 unspecified atom stereocenters. The van der Waals surface area contributed by atoms with Crippen molar-refractivity contribution in [3.63, 3.8) is 0 Å². The average Bonchev–Trinajstić information content (AvgIpc) is 2.90. The number of rotatable bonds is 5. The first-order chi connectivity index (χ1) is 10.4. The second-order valence-electron chi connectivity index (χ2n) is 5.42. The molecule has 22 heavy (non-hydrogen) atoms. The number of nitrogens with one attached hydrogen (secondary N) is 1. The van der Waals surface area contributed by atoms with E-state index in [0.29, 0.717) is 6.54 Å². The molecule has 0 bridgehead atoms. The van der Waals surface area contributed by atoms with Gasteiger partial charge in [-0.15, -0.1) is 0 Å². The fraction of sp³-hybridized carbons (Fsp3) is 0.533. The van der Waals surface area contributed by atoms with E-state index in [9.17, 15) is 18.0 Å². The van der Waals surface area contributed by atoms with Crippen molar-refractivity contribution < 1.29 is 22.7 Å². The molecule has 0 saturated carbocycles. The summed E-state index contributed by atoms with van der Waals surface area (Å²) in [7, 11) is 1.75. The van der Waals surface area contributed by atoms with Gasteiger partial charge in [-0.05, 0) is 32.0 Å². The molecule has 1 fully saturated rings. The van der Waals surface area contributed by atoms with Crippen LogP contribution in [0.4, 0.5) is 18.9 Å².